The van der Waals surface area contributed by atoms with Crippen molar-refractivity contribution in [3.05, 3.63) is 0 Å². The van der Waals surface area contributed by atoms with Crippen molar-refractivity contribution >= 4 is 24.1 Å². The molecule has 3 N–H and O–H groups in total. The van der Waals surface area contributed by atoms with E-state index >= 15 is 0 Å². The average molecular weight is 389 g/mol. The molecule has 0 aliphatic heterocycles. The Morgan fingerprint density at radius 3 is 1.78 bits per heavy atom. The van der Waals surface area contributed by atoms with Gasteiger partial charge < -0.3 is 30.2 Å². The molecule has 0 heterocycles. The predicted octanol–water partition coefficient (Wildman–Crippen LogP) is 1.08. The fraction of sp³-hybridized carbons (Fsp3) is 0.765. The minimum Gasteiger partial charge on any atom is -0.467 e. The Labute approximate surface area is 159 Å². The zero-order valence-electron chi connectivity index (χ0n) is 17.2. The number of hydrogen-bond acceptors (Lipinski definition) is 7. The highest BCUT2D eigenvalue weighted by atomic mass is 16.6. The van der Waals surface area contributed by atoms with E-state index in [9.17, 15) is 19.2 Å². The number of nitrogens with one attached hydrogen (secondary N) is 3. The van der Waals surface area contributed by atoms with Crippen molar-refractivity contribution in [3.8, 4) is 0 Å². The minimum atomic E-state index is -1.15. The lowest BCUT2D eigenvalue weighted by Gasteiger charge is -2.24. The highest BCUT2D eigenvalue weighted by molar-refractivity contribution is 5.89. The molecule has 2 unspecified atom stereocenters. The minimum absolute atomic E-state index is 0.244. The van der Waals surface area contributed by atoms with Gasteiger partial charge in [-0.15, -0.1) is 0 Å². The largest absolute Gasteiger partial charge is 0.467 e. The first-order valence-electron chi connectivity index (χ1n) is 8.49. The second-order valence-electron chi connectivity index (χ2n) is 7.84. The van der Waals surface area contributed by atoms with Gasteiger partial charge in [-0.2, -0.15) is 0 Å². The summed E-state index contributed by atoms with van der Waals surface area (Å²) in [6.07, 6.45) is -1.52. The molecule has 0 spiro atoms. The van der Waals surface area contributed by atoms with E-state index in [1.54, 1.807) is 41.5 Å². The van der Waals surface area contributed by atoms with Crippen LogP contribution in [0.4, 0.5) is 9.59 Å². The zero-order valence-corrected chi connectivity index (χ0v) is 17.2. The Kier molecular flexibility index (Phi) is 9.05. The molecular weight excluding hydrogens is 358 g/mol. The number of methoxy groups -OCH3 is 1. The van der Waals surface area contributed by atoms with E-state index in [0.29, 0.717) is 0 Å². The van der Waals surface area contributed by atoms with Gasteiger partial charge in [-0.05, 0) is 48.5 Å². The number of carbonyl (C=O) groups excluding carboxylic acids is 4. The van der Waals surface area contributed by atoms with Crippen molar-refractivity contribution < 1.29 is 33.4 Å². The summed E-state index contributed by atoms with van der Waals surface area (Å²) in [5, 5.41) is 7.14. The number of alkyl carbamates (subject to hydrolysis) is 2. The molecule has 0 fully saturated rings. The first-order valence-corrected chi connectivity index (χ1v) is 8.49. The van der Waals surface area contributed by atoms with Gasteiger partial charge in [0.25, 0.3) is 0 Å². The van der Waals surface area contributed by atoms with Crippen LogP contribution in [-0.2, 0) is 23.8 Å². The number of carbonyl (C=O) groups is 4. The Balaban J connectivity index is 4.75. The SMILES string of the molecule is COC(=O)C(CNC(=O)OC(C)(C)C)NC(=O)C(C)NC(=O)OC(C)(C)C. The molecule has 156 valence electrons. The number of ether oxygens (including phenoxy) is 3. The Hall–Kier alpha value is -2.52. The molecule has 0 saturated carbocycles. The van der Waals surface area contributed by atoms with Crippen LogP contribution in [0.25, 0.3) is 0 Å². The van der Waals surface area contributed by atoms with Crippen LogP contribution < -0.4 is 16.0 Å². The topological polar surface area (TPSA) is 132 Å². The van der Waals surface area contributed by atoms with Crippen molar-refractivity contribution in [2.75, 3.05) is 13.7 Å². The van der Waals surface area contributed by atoms with Crippen molar-refractivity contribution in [2.24, 2.45) is 0 Å². The van der Waals surface area contributed by atoms with Crippen molar-refractivity contribution in [2.45, 2.75) is 71.8 Å². The van der Waals surface area contributed by atoms with Crippen LogP contribution in [0.1, 0.15) is 48.5 Å². The quantitative estimate of drug-likeness (QED) is 0.457. The highest BCUT2D eigenvalue weighted by Crippen LogP contribution is 2.07. The van der Waals surface area contributed by atoms with Crippen LogP contribution in [0.2, 0.25) is 0 Å². The molecule has 10 heteroatoms. The van der Waals surface area contributed by atoms with E-state index in [0.717, 1.165) is 7.11 Å². The average Bonchev–Trinajstić information content (AvgIpc) is 2.46. The van der Waals surface area contributed by atoms with Crippen LogP contribution in [-0.4, -0.2) is 61.0 Å². The number of amides is 3. The molecule has 3 amide bonds. The van der Waals surface area contributed by atoms with Gasteiger partial charge >= 0.3 is 18.2 Å². The smallest absolute Gasteiger partial charge is 0.408 e. The monoisotopic (exact) mass is 389 g/mol. The van der Waals surface area contributed by atoms with Crippen molar-refractivity contribution in [1.82, 2.24) is 16.0 Å². The molecule has 0 saturated heterocycles. The molecule has 0 radical (unpaired) electrons. The lowest BCUT2D eigenvalue weighted by atomic mass is 10.2. The zero-order chi connectivity index (χ0) is 21.4. The molecule has 0 bridgehead atoms. The van der Waals surface area contributed by atoms with E-state index in [-0.39, 0.29) is 6.54 Å². The summed E-state index contributed by atoms with van der Waals surface area (Å²) >= 11 is 0. The lowest BCUT2D eigenvalue weighted by Crippen LogP contribution is -2.54. The third-order valence-electron chi connectivity index (χ3n) is 2.78. The molecule has 0 rings (SSSR count). The lowest BCUT2D eigenvalue weighted by molar-refractivity contribution is -0.145. The first kappa shape index (κ1) is 24.5. The van der Waals surface area contributed by atoms with E-state index in [2.05, 4.69) is 20.7 Å². The molecule has 0 aromatic carbocycles. The van der Waals surface area contributed by atoms with Gasteiger partial charge in [0.2, 0.25) is 5.91 Å². The summed E-state index contributed by atoms with van der Waals surface area (Å²) in [4.78, 5) is 47.5. The maximum atomic E-state index is 12.2. The Bertz CT molecular complexity index is 550. The molecule has 27 heavy (non-hydrogen) atoms. The summed E-state index contributed by atoms with van der Waals surface area (Å²) in [5.41, 5.74) is -1.42. The second kappa shape index (κ2) is 9.98. The second-order valence-corrected chi connectivity index (χ2v) is 7.84. The summed E-state index contributed by atoms with van der Waals surface area (Å²) in [6, 6.07) is -2.13. The molecular formula is C17H31N3O7. The molecule has 10 nitrogen and oxygen atoms in total. The summed E-state index contributed by atoms with van der Waals surface area (Å²) in [5.74, 6) is -1.41. The standard InChI is InChI=1S/C17H31N3O7/c1-10(19-15(24)27-17(5,6)7)12(21)20-11(13(22)25-8)9-18-14(23)26-16(2,3)4/h10-11H,9H2,1-8H3,(H,18,23)(H,19,24)(H,20,21). The fourth-order valence-corrected chi connectivity index (χ4v) is 1.68. The van der Waals surface area contributed by atoms with Crippen molar-refractivity contribution in [3.63, 3.8) is 0 Å². The highest BCUT2D eigenvalue weighted by Gasteiger charge is 2.27. The van der Waals surface area contributed by atoms with E-state index in [4.69, 9.17) is 9.47 Å². The molecule has 0 aliphatic rings. The van der Waals surface area contributed by atoms with E-state index in [1.807, 2.05) is 0 Å². The van der Waals surface area contributed by atoms with Gasteiger partial charge in [-0.3, -0.25) is 4.79 Å². The summed E-state index contributed by atoms with van der Waals surface area (Å²) in [6.45, 7) is 11.3. The van der Waals surface area contributed by atoms with Gasteiger partial charge in [-0.1, -0.05) is 0 Å². The van der Waals surface area contributed by atoms with Gasteiger partial charge in [0, 0.05) is 0 Å². The van der Waals surface area contributed by atoms with Crippen LogP contribution in [0.15, 0.2) is 0 Å². The first-order chi connectivity index (χ1) is 12.1. The molecule has 0 aromatic rings. The third-order valence-corrected chi connectivity index (χ3v) is 2.78. The predicted molar refractivity (Wildman–Crippen MR) is 97.0 cm³/mol. The third kappa shape index (κ3) is 11.7. The van der Waals surface area contributed by atoms with Gasteiger partial charge in [0.1, 0.15) is 23.3 Å². The summed E-state index contributed by atoms with van der Waals surface area (Å²) in [7, 11) is 1.15. The number of esters is 1. The van der Waals surface area contributed by atoms with Gasteiger partial charge in [0.05, 0.1) is 13.7 Å². The maximum absolute atomic E-state index is 12.2. The molecule has 2 atom stereocenters. The Morgan fingerprint density at radius 1 is 0.852 bits per heavy atom. The molecule has 0 aliphatic carbocycles. The van der Waals surface area contributed by atoms with Crippen LogP contribution in [0, 0.1) is 0 Å². The summed E-state index contributed by atoms with van der Waals surface area (Å²) < 4.78 is 14.7. The fourth-order valence-electron chi connectivity index (χ4n) is 1.68. The van der Waals surface area contributed by atoms with Crippen LogP contribution >= 0.6 is 0 Å². The van der Waals surface area contributed by atoms with Crippen LogP contribution in [0.3, 0.4) is 0 Å². The van der Waals surface area contributed by atoms with Gasteiger partial charge in [0.15, 0.2) is 0 Å². The normalized spacial score (nSPS) is 13.6. The number of hydrogen-bond donors (Lipinski definition) is 3. The maximum Gasteiger partial charge on any atom is 0.408 e. The van der Waals surface area contributed by atoms with Crippen molar-refractivity contribution in [1.29, 1.82) is 0 Å². The van der Waals surface area contributed by atoms with Crippen LogP contribution in [0.5, 0.6) is 0 Å². The molecule has 0 aromatic heterocycles. The van der Waals surface area contributed by atoms with Gasteiger partial charge in [-0.25, -0.2) is 14.4 Å². The Morgan fingerprint density at radius 2 is 1.33 bits per heavy atom. The van der Waals surface area contributed by atoms with E-state index < -0.39 is 47.3 Å². The number of rotatable bonds is 6. The van der Waals surface area contributed by atoms with E-state index in [1.165, 1.54) is 6.92 Å².